The lowest BCUT2D eigenvalue weighted by Crippen LogP contribution is -2.10. The lowest BCUT2D eigenvalue weighted by Gasteiger charge is -2.20. The molecule has 6 nitrogen and oxygen atoms in total. The average Bonchev–Trinajstić information content (AvgIpc) is 2.45. The van der Waals surface area contributed by atoms with Crippen molar-refractivity contribution in [1.82, 2.24) is 0 Å². The summed E-state index contributed by atoms with van der Waals surface area (Å²) in [4.78, 5) is 10.1. The first-order valence-electron chi connectivity index (χ1n) is 6.77. The minimum absolute atomic E-state index is 0.0126. The zero-order valence-electron chi connectivity index (χ0n) is 12.6. The van der Waals surface area contributed by atoms with Gasteiger partial charge in [-0.3, -0.25) is 10.1 Å². The van der Waals surface area contributed by atoms with Gasteiger partial charge in [0.25, 0.3) is 5.69 Å². The molecule has 0 saturated carbocycles. The molecular formula is C16H17N3O3. The highest BCUT2D eigenvalue weighted by Crippen LogP contribution is 2.34. The molecule has 22 heavy (non-hydrogen) atoms. The normalized spacial score (nSPS) is 11.8. The zero-order valence-corrected chi connectivity index (χ0v) is 12.6. The number of hydrogen-bond donors (Lipinski definition) is 1. The number of rotatable bonds is 3. The van der Waals surface area contributed by atoms with E-state index in [-0.39, 0.29) is 16.9 Å². The van der Waals surface area contributed by atoms with Crippen molar-refractivity contribution in [3.63, 3.8) is 0 Å². The van der Waals surface area contributed by atoms with Crippen LogP contribution in [0.4, 0.5) is 17.1 Å². The standard InChI is InChI=1S/C16H17N3O3/c1-16(2,3)14-10-12(6-9-15(14)20)18-17-11-4-7-13(8-5-11)19(21)22/h4-10,20H,1-3H3. The van der Waals surface area contributed by atoms with Gasteiger partial charge in [-0.05, 0) is 35.7 Å². The monoisotopic (exact) mass is 299 g/mol. The molecule has 2 rings (SSSR count). The van der Waals surface area contributed by atoms with Crippen molar-refractivity contribution in [1.29, 1.82) is 0 Å². The van der Waals surface area contributed by atoms with Crippen LogP contribution in [0.3, 0.4) is 0 Å². The molecule has 0 saturated heterocycles. The lowest BCUT2D eigenvalue weighted by molar-refractivity contribution is -0.384. The molecular weight excluding hydrogens is 282 g/mol. The largest absolute Gasteiger partial charge is 0.508 e. The number of phenolic OH excluding ortho intramolecular Hbond substituents is 1. The van der Waals surface area contributed by atoms with Crippen molar-refractivity contribution in [2.24, 2.45) is 10.2 Å². The highest BCUT2D eigenvalue weighted by molar-refractivity contribution is 5.50. The van der Waals surface area contributed by atoms with Gasteiger partial charge in [0.05, 0.1) is 16.3 Å². The lowest BCUT2D eigenvalue weighted by atomic mass is 9.86. The number of nitro groups is 1. The third-order valence-electron chi connectivity index (χ3n) is 3.13. The fourth-order valence-corrected chi connectivity index (χ4v) is 1.94. The van der Waals surface area contributed by atoms with E-state index in [1.165, 1.54) is 24.3 Å². The summed E-state index contributed by atoms with van der Waals surface area (Å²) in [6, 6.07) is 10.9. The van der Waals surface area contributed by atoms with Crippen molar-refractivity contribution in [2.75, 3.05) is 0 Å². The molecule has 0 heterocycles. The summed E-state index contributed by atoms with van der Waals surface area (Å²) < 4.78 is 0. The van der Waals surface area contributed by atoms with Crippen LogP contribution in [0.2, 0.25) is 0 Å². The first-order valence-corrected chi connectivity index (χ1v) is 6.77. The molecule has 6 heteroatoms. The maximum atomic E-state index is 10.6. The molecule has 0 unspecified atom stereocenters. The zero-order chi connectivity index (χ0) is 16.3. The van der Waals surface area contributed by atoms with E-state index in [9.17, 15) is 15.2 Å². The third kappa shape index (κ3) is 3.66. The van der Waals surface area contributed by atoms with Crippen LogP contribution in [-0.2, 0) is 5.41 Å². The highest BCUT2D eigenvalue weighted by atomic mass is 16.6. The second-order valence-corrected chi connectivity index (χ2v) is 5.92. The Morgan fingerprint density at radius 2 is 1.55 bits per heavy atom. The number of benzene rings is 2. The molecule has 1 N–H and O–H groups in total. The second-order valence-electron chi connectivity index (χ2n) is 5.92. The molecule has 2 aromatic rings. The van der Waals surface area contributed by atoms with Crippen LogP contribution in [0.15, 0.2) is 52.7 Å². The van der Waals surface area contributed by atoms with Crippen LogP contribution in [0, 0.1) is 10.1 Å². The number of hydrogen-bond acceptors (Lipinski definition) is 5. The van der Waals surface area contributed by atoms with Crippen molar-refractivity contribution in [3.8, 4) is 5.75 Å². The van der Waals surface area contributed by atoms with E-state index < -0.39 is 4.92 Å². The molecule has 0 fully saturated rings. The molecule has 0 aliphatic carbocycles. The van der Waals surface area contributed by atoms with Crippen LogP contribution in [0.1, 0.15) is 26.3 Å². The van der Waals surface area contributed by atoms with E-state index in [1.807, 2.05) is 20.8 Å². The van der Waals surface area contributed by atoms with Gasteiger partial charge in [-0.2, -0.15) is 10.2 Å². The van der Waals surface area contributed by atoms with Crippen LogP contribution in [0.25, 0.3) is 0 Å². The van der Waals surface area contributed by atoms with E-state index >= 15 is 0 Å². The van der Waals surface area contributed by atoms with Gasteiger partial charge < -0.3 is 5.11 Å². The molecule has 0 amide bonds. The average molecular weight is 299 g/mol. The predicted octanol–water partition coefficient (Wildman–Crippen LogP) is 5.01. The number of non-ortho nitro benzene ring substituents is 1. The summed E-state index contributed by atoms with van der Waals surface area (Å²) in [6.07, 6.45) is 0. The van der Waals surface area contributed by atoms with Gasteiger partial charge >= 0.3 is 0 Å². The van der Waals surface area contributed by atoms with Crippen LogP contribution in [0.5, 0.6) is 5.75 Å². The van der Waals surface area contributed by atoms with E-state index in [2.05, 4.69) is 10.2 Å². The Morgan fingerprint density at radius 1 is 1.00 bits per heavy atom. The molecule has 2 aromatic carbocycles. The van der Waals surface area contributed by atoms with Crippen molar-refractivity contribution in [3.05, 3.63) is 58.1 Å². The fourth-order valence-electron chi connectivity index (χ4n) is 1.94. The molecule has 0 spiro atoms. The smallest absolute Gasteiger partial charge is 0.269 e. The van der Waals surface area contributed by atoms with Crippen LogP contribution < -0.4 is 0 Å². The summed E-state index contributed by atoms with van der Waals surface area (Å²) >= 11 is 0. The Kier molecular flexibility index (Phi) is 4.21. The molecule has 0 aromatic heterocycles. The molecule has 0 atom stereocenters. The number of nitro benzene ring substituents is 1. The van der Waals surface area contributed by atoms with E-state index in [4.69, 9.17) is 0 Å². The minimum Gasteiger partial charge on any atom is -0.508 e. The Bertz CT molecular complexity index is 716. The fraction of sp³-hybridized carbons (Fsp3) is 0.250. The second kappa shape index (κ2) is 5.93. The Hall–Kier alpha value is -2.76. The summed E-state index contributed by atoms with van der Waals surface area (Å²) in [5, 5.41) is 28.6. The van der Waals surface area contributed by atoms with Gasteiger partial charge in [0.2, 0.25) is 0 Å². The molecule has 0 aliphatic heterocycles. The van der Waals surface area contributed by atoms with Gasteiger partial charge in [0.1, 0.15) is 5.75 Å². The number of aromatic hydroxyl groups is 1. The summed E-state index contributed by atoms with van der Waals surface area (Å²) in [6.45, 7) is 6.00. The molecule has 0 aliphatic rings. The Morgan fingerprint density at radius 3 is 2.09 bits per heavy atom. The predicted molar refractivity (Wildman–Crippen MR) is 84.1 cm³/mol. The van der Waals surface area contributed by atoms with E-state index in [1.54, 1.807) is 18.2 Å². The topological polar surface area (TPSA) is 88.1 Å². The summed E-state index contributed by atoms with van der Waals surface area (Å²) in [7, 11) is 0. The van der Waals surface area contributed by atoms with E-state index in [0.717, 1.165) is 5.56 Å². The van der Waals surface area contributed by atoms with Gasteiger partial charge in [-0.15, -0.1) is 0 Å². The Labute approximate surface area is 128 Å². The molecule has 0 bridgehead atoms. The maximum absolute atomic E-state index is 10.6. The first kappa shape index (κ1) is 15.6. The van der Waals surface area contributed by atoms with Crippen LogP contribution in [-0.4, -0.2) is 10.0 Å². The summed E-state index contributed by atoms with van der Waals surface area (Å²) in [5.41, 5.74) is 1.73. The van der Waals surface area contributed by atoms with Gasteiger partial charge in [-0.1, -0.05) is 20.8 Å². The van der Waals surface area contributed by atoms with Gasteiger partial charge in [0, 0.05) is 17.7 Å². The first-order chi connectivity index (χ1) is 10.3. The van der Waals surface area contributed by atoms with Crippen molar-refractivity contribution in [2.45, 2.75) is 26.2 Å². The highest BCUT2D eigenvalue weighted by Gasteiger charge is 2.18. The quantitative estimate of drug-likeness (QED) is 0.490. The number of azo groups is 1. The summed E-state index contributed by atoms with van der Waals surface area (Å²) in [5.74, 6) is 0.224. The molecule has 114 valence electrons. The number of phenols is 1. The minimum atomic E-state index is -0.462. The van der Waals surface area contributed by atoms with Crippen LogP contribution >= 0.6 is 0 Å². The Balaban J connectivity index is 2.25. The van der Waals surface area contributed by atoms with Gasteiger partial charge in [-0.25, -0.2) is 0 Å². The SMILES string of the molecule is CC(C)(C)c1cc(N=Nc2ccc([N+](=O)[O-])cc2)ccc1O. The third-order valence-corrected chi connectivity index (χ3v) is 3.13. The maximum Gasteiger partial charge on any atom is 0.269 e. The van der Waals surface area contributed by atoms with Crippen molar-refractivity contribution >= 4 is 17.1 Å². The van der Waals surface area contributed by atoms with E-state index in [0.29, 0.717) is 11.4 Å². The number of nitrogens with zero attached hydrogens (tertiary/aromatic N) is 3. The van der Waals surface area contributed by atoms with Gasteiger partial charge in [0.15, 0.2) is 0 Å². The molecule has 0 radical (unpaired) electrons. The van der Waals surface area contributed by atoms with Crippen molar-refractivity contribution < 1.29 is 10.0 Å².